The molecule has 0 bridgehead atoms. The summed E-state index contributed by atoms with van der Waals surface area (Å²) in [6.07, 6.45) is 1.04. The molecule has 0 spiro atoms. The Hall–Kier alpha value is -1.69. The van der Waals surface area contributed by atoms with Crippen molar-refractivity contribution in [3.8, 4) is 5.75 Å². The van der Waals surface area contributed by atoms with Crippen LogP contribution in [0, 0.1) is 11.6 Å². The Balaban J connectivity index is 1.90. The van der Waals surface area contributed by atoms with Gasteiger partial charge in [-0.15, -0.1) is 0 Å². The lowest BCUT2D eigenvalue weighted by Gasteiger charge is -2.33. The molecule has 20 heavy (non-hydrogen) atoms. The fourth-order valence-electron chi connectivity index (χ4n) is 2.23. The van der Waals surface area contributed by atoms with Gasteiger partial charge >= 0.3 is 0 Å². The molecule has 1 amide bonds. The van der Waals surface area contributed by atoms with Gasteiger partial charge in [0, 0.05) is 32.0 Å². The highest BCUT2D eigenvalue weighted by Gasteiger charge is 2.25. The monoisotopic (exact) mass is 284 g/mol. The van der Waals surface area contributed by atoms with Crippen molar-refractivity contribution in [2.45, 2.75) is 31.9 Å². The van der Waals surface area contributed by atoms with Crippen LogP contribution in [0.3, 0.4) is 0 Å². The summed E-state index contributed by atoms with van der Waals surface area (Å²) in [5.74, 6) is -1.38. The van der Waals surface area contributed by atoms with Crippen LogP contribution < -0.4 is 10.5 Å². The van der Waals surface area contributed by atoms with Gasteiger partial charge in [-0.2, -0.15) is 0 Å². The van der Waals surface area contributed by atoms with Gasteiger partial charge < -0.3 is 15.4 Å². The van der Waals surface area contributed by atoms with E-state index in [4.69, 9.17) is 10.5 Å². The number of halogens is 2. The van der Waals surface area contributed by atoms with E-state index < -0.39 is 17.7 Å². The first-order valence-electron chi connectivity index (χ1n) is 6.63. The summed E-state index contributed by atoms with van der Waals surface area (Å²) in [6.45, 7) is 2.72. The summed E-state index contributed by atoms with van der Waals surface area (Å²) in [5.41, 5.74) is 5.55. The first-order valence-corrected chi connectivity index (χ1v) is 6.63. The summed E-state index contributed by atoms with van der Waals surface area (Å²) in [7, 11) is 0. The van der Waals surface area contributed by atoms with Crippen molar-refractivity contribution in [3.63, 3.8) is 0 Å². The highest BCUT2D eigenvalue weighted by atomic mass is 19.1. The smallest absolute Gasteiger partial charge is 0.239 e. The number of rotatable bonds is 3. The van der Waals surface area contributed by atoms with Gasteiger partial charge in [0.25, 0.3) is 0 Å². The number of benzene rings is 1. The van der Waals surface area contributed by atoms with Gasteiger partial charge in [0.05, 0.1) is 6.04 Å². The van der Waals surface area contributed by atoms with Crippen LogP contribution in [0.4, 0.5) is 8.78 Å². The fraction of sp³-hybridized carbons (Fsp3) is 0.500. The molecule has 4 nitrogen and oxygen atoms in total. The highest BCUT2D eigenvalue weighted by Crippen LogP contribution is 2.23. The van der Waals surface area contributed by atoms with E-state index in [9.17, 15) is 13.6 Å². The first kappa shape index (κ1) is 14.7. The van der Waals surface area contributed by atoms with Crippen LogP contribution in [0.5, 0.6) is 5.75 Å². The van der Waals surface area contributed by atoms with Crippen molar-refractivity contribution in [2.75, 3.05) is 13.1 Å². The Labute approximate surface area is 116 Å². The van der Waals surface area contributed by atoms with Gasteiger partial charge in [0.2, 0.25) is 5.91 Å². The molecular weight excluding hydrogens is 266 g/mol. The van der Waals surface area contributed by atoms with Crippen molar-refractivity contribution in [2.24, 2.45) is 5.73 Å². The number of nitrogens with two attached hydrogens (primary N) is 1. The van der Waals surface area contributed by atoms with E-state index in [-0.39, 0.29) is 17.8 Å². The summed E-state index contributed by atoms with van der Waals surface area (Å²) < 4.78 is 31.8. The second kappa shape index (κ2) is 6.17. The molecule has 1 heterocycles. The number of carbonyl (C=O) groups is 1. The minimum atomic E-state index is -0.709. The van der Waals surface area contributed by atoms with Gasteiger partial charge in [-0.05, 0) is 19.1 Å². The van der Waals surface area contributed by atoms with Crippen molar-refractivity contribution in [3.05, 3.63) is 29.8 Å². The van der Waals surface area contributed by atoms with Crippen LogP contribution in [0.25, 0.3) is 0 Å². The molecule has 0 radical (unpaired) electrons. The molecule has 2 rings (SSSR count). The molecule has 1 aromatic rings. The number of amides is 1. The Kier molecular flexibility index (Phi) is 4.54. The molecule has 0 saturated carbocycles. The fourth-order valence-corrected chi connectivity index (χ4v) is 2.23. The number of piperidine rings is 1. The highest BCUT2D eigenvalue weighted by molar-refractivity contribution is 5.81. The van der Waals surface area contributed by atoms with E-state index >= 15 is 0 Å². The summed E-state index contributed by atoms with van der Waals surface area (Å²) >= 11 is 0. The second-order valence-electron chi connectivity index (χ2n) is 5.01. The zero-order chi connectivity index (χ0) is 14.7. The molecule has 1 aliphatic rings. The minimum absolute atomic E-state index is 0.0448. The number of hydrogen-bond acceptors (Lipinski definition) is 3. The van der Waals surface area contributed by atoms with Crippen LogP contribution in [-0.2, 0) is 4.79 Å². The standard InChI is InChI=1S/C14H18F2N2O2/c1-9(17)14(19)18-6-4-11(5-7-18)20-13-3-2-10(15)8-12(13)16/h2-3,8-9,11H,4-7,17H2,1H3/t9-/m1/s1. The molecule has 1 aromatic carbocycles. The molecule has 0 aliphatic carbocycles. The third-order valence-electron chi connectivity index (χ3n) is 3.33. The first-order chi connectivity index (χ1) is 9.47. The molecule has 1 saturated heterocycles. The van der Waals surface area contributed by atoms with Crippen molar-refractivity contribution >= 4 is 5.91 Å². The molecule has 6 heteroatoms. The Morgan fingerprint density at radius 3 is 2.60 bits per heavy atom. The normalized spacial score (nSPS) is 17.9. The number of nitrogens with zero attached hydrogens (tertiary/aromatic N) is 1. The van der Waals surface area contributed by atoms with Crippen LogP contribution in [0.2, 0.25) is 0 Å². The zero-order valence-corrected chi connectivity index (χ0v) is 11.3. The predicted octanol–water partition coefficient (Wildman–Crippen LogP) is 1.68. The van der Waals surface area contributed by atoms with E-state index in [0.29, 0.717) is 25.9 Å². The van der Waals surface area contributed by atoms with Crippen LogP contribution >= 0.6 is 0 Å². The lowest BCUT2D eigenvalue weighted by atomic mass is 10.1. The average Bonchev–Trinajstić information content (AvgIpc) is 2.42. The van der Waals surface area contributed by atoms with E-state index in [1.54, 1.807) is 11.8 Å². The van der Waals surface area contributed by atoms with E-state index in [1.165, 1.54) is 6.07 Å². The number of ether oxygens (including phenoxy) is 1. The third-order valence-corrected chi connectivity index (χ3v) is 3.33. The van der Waals surface area contributed by atoms with Crippen molar-refractivity contribution < 1.29 is 18.3 Å². The SMILES string of the molecule is C[C@@H](N)C(=O)N1CCC(Oc2ccc(F)cc2F)CC1. The Bertz CT molecular complexity index is 486. The van der Waals surface area contributed by atoms with Gasteiger partial charge in [-0.25, -0.2) is 8.78 Å². The molecule has 110 valence electrons. The average molecular weight is 284 g/mol. The Morgan fingerprint density at radius 1 is 1.40 bits per heavy atom. The molecular formula is C14H18F2N2O2. The summed E-state index contributed by atoms with van der Waals surface area (Å²) in [4.78, 5) is 13.4. The Morgan fingerprint density at radius 2 is 2.05 bits per heavy atom. The largest absolute Gasteiger partial charge is 0.487 e. The van der Waals surface area contributed by atoms with Crippen LogP contribution in [0.1, 0.15) is 19.8 Å². The van der Waals surface area contributed by atoms with Gasteiger partial charge in [0.15, 0.2) is 11.6 Å². The lowest BCUT2D eigenvalue weighted by Crippen LogP contribution is -2.47. The molecule has 1 aliphatic heterocycles. The third kappa shape index (κ3) is 3.45. The predicted molar refractivity (Wildman–Crippen MR) is 70.2 cm³/mol. The maximum Gasteiger partial charge on any atom is 0.239 e. The molecule has 1 fully saturated rings. The van der Waals surface area contributed by atoms with Gasteiger partial charge in [-0.3, -0.25) is 4.79 Å². The van der Waals surface area contributed by atoms with Gasteiger partial charge in [-0.1, -0.05) is 0 Å². The van der Waals surface area contributed by atoms with E-state index in [2.05, 4.69) is 0 Å². The number of likely N-dealkylation sites (tertiary alicyclic amines) is 1. The van der Waals surface area contributed by atoms with E-state index in [1.807, 2.05) is 0 Å². The molecule has 0 unspecified atom stereocenters. The number of hydrogen-bond donors (Lipinski definition) is 1. The van der Waals surface area contributed by atoms with Crippen molar-refractivity contribution in [1.82, 2.24) is 4.90 Å². The topological polar surface area (TPSA) is 55.6 Å². The van der Waals surface area contributed by atoms with Crippen LogP contribution in [-0.4, -0.2) is 36.0 Å². The van der Waals surface area contributed by atoms with E-state index in [0.717, 1.165) is 12.1 Å². The van der Waals surface area contributed by atoms with Crippen molar-refractivity contribution in [1.29, 1.82) is 0 Å². The number of carbonyl (C=O) groups excluding carboxylic acids is 1. The zero-order valence-electron chi connectivity index (χ0n) is 11.3. The second-order valence-corrected chi connectivity index (χ2v) is 5.01. The molecule has 0 aromatic heterocycles. The van der Waals surface area contributed by atoms with Gasteiger partial charge in [0.1, 0.15) is 11.9 Å². The quantitative estimate of drug-likeness (QED) is 0.919. The molecule has 2 N–H and O–H groups in total. The molecule has 1 atom stereocenters. The van der Waals surface area contributed by atoms with Crippen LogP contribution in [0.15, 0.2) is 18.2 Å². The summed E-state index contributed by atoms with van der Waals surface area (Å²) in [6, 6.07) is 2.73. The lowest BCUT2D eigenvalue weighted by molar-refractivity contribution is -0.134. The maximum absolute atomic E-state index is 13.5. The maximum atomic E-state index is 13.5. The summed E-state index contributed by atoms with van der Waals surface area (Å²) in [5, 5.41) is 0. The minimum Gasteiger partial charge on any atom is -0.487 e.